The summed E-state index contributed by atoms with van der Waals surface area (Å²) in [6.45, 7) is 4.19. The van der Waals surface area contributed by atoms with Gasteiger partial charge in [0.05, 0.1) is 11.9 Å². The van der Waals surface area contributed by atoms with Crippen LogP contribution in [-0.2, 0) is 6.54 Å². The topological polar surface area (TPSA) is 76.7 Å². The number of aryl methyl sites for hydroxylation is 2. The minimum absolute atomic E-state index is 0.221. The maximum Gasteiger partial charge on any atom is 0.245 e. The molecule has 3 aromatic rings. The van der Waals surface area contributed by atoms with E-state index in [0.29, 0.717) is 24.1 Å². The standard InChI is InChI=1S/C11H10ClN5OS/c1-5-3-7-9(15-11(12)16-10(7)19-5)13-4-8-14-6(2)17-18-8/h3H,4H2,1-2H3,(H,13,15,16). The summed E-state index contributed by atoms with van der Waals surface area (Å²) in [6.07, 6.45) is 0. The lowest BCUT2D eigenvalue weighted by Crippen LogP contribution is -2.02. The van der Waals surface area contributed by atoms with E-state index in [-0.39, 0.29) is 5.28 Å². The second-order valence-electron chi connectivity index (χ2n) is 4.01. The number of hydrogen-bond donors (Lipinski definition) is 1. The van der Waals surface area contributed by atoms with E-state index in [1.54, 1.807) is 18.3 Å². The van der Waals surface area contributed by atoms with Crippen molar-refractivity contribution in [2.75, 3.05) is 5.32 Å². The molecule has 0 saturated carbocycles. The highest BCUT2D eigenvalue weighted by Crippen LogP contribution is 2.29. The smallest absolute Gasteiger partial charge is 0.245 e. The first-order chi connectivity index (χ1) is 9.11. The SMILES string of the molecule is Cc1noc(CNc2nc(Cl)nc3sc(C)cc23)n1. The number of nitrogens with one attached hydrogen (secondary N) is 1. The summed E-state index contributed by atoms with van der Waals surface area (Å²) < 4.78 is 5.04. The van der Waals surface area contributed by atoms with Crippen molar-refractivity contribution in [2.45, 2.75) is 20.4 Å². The zero-order chi connectivity index (χ0) is 13.4. The zero-order valence-corrected chi connectivity index (χ0v) is 11.8. The summed E-state index contributed by atoms with van der Waals surface area (Å²) in [5.41, 5.74) is 0. The molecule has 0 aromatic carbocycles. The molecule has 19 heavy (non-hydrogen) atoms. The quantitative estimate of drug-likeness (QED) is 0.749. The Morgan fingerprint density at radius 1 is 1.32 bits per heavy atom. The molecule has 0 aliphatic rings. The molecule has 0 aliphatic carbocycles. The lowest BCUT2D eigenvalue weighted by molar-refractivity contribution is 0.379. The second kappa shape index (κ2) is 4.75. The summed E-state index contributed by atoms with van der Waals surface area (Å²) in [5.74, 6) is 1.79. The van der Waals surface area contributed by atoms with Crippen LogP contribution in [-0.4, -0.2) is 20.1 Å². The number of rotatable bonds is 3. The summed E-state index contributed by atoms with van der Waals surface area (Å²) in [6, 6.07) is 2.03. The van der Waals surface area contributed by atoms with E-state index >= 15 is 0 Å². The fourth-order valence-corrected chi connectivity index (χ4v) is 2.82. The number of nitrogens with zero attached hydrogens (tertiary/aromatic N) is 4. The van der Waals surface area contributed by atoms with Crippen LogP contribution in [0.15, 0.2) is 10.6 Å². The van der Waals surface area contributed by atoms with Gasteiger partial charge in [0.15, 0.2) is 5.82 Å². The number of thiophene rings is 1. The average Bonchev–Trinajstić information content (AvgIpc) is 2.91. The van der Waals surface area contributed by atoms with Crippen LogP contribution < -0.4 is 5.32 Å². The van der Waals surface area contributed by atoms with Crippen LogP contribution in [0, 0.1) is 13.8 Å². The van der Waals surface area contributed by atoms with Gasteiger partial charge in [-0.2, -0.15) is 4.98 Å². The van der Waals surface area contributed by atoms with Gasteiger partial charge in [-0.3, -0.25) is 0 Å². The van der Waals surface area contributed by atoms with Gasteiger partial charge in [-0.1, -0.05) is 5.16 Å². The highest BCUT2D eigenvalue weighted by Gasteiger charge is 2.10. The van der Waals surface area contributed by atoms with Crippen LogP contribution in [0.3, 0.4) is 0 Å². The summed E-state index contributed by atoms with van der Waals surface area (Å²) >= 11 is 7.49. The normalized spacial score (nSPS) is 11.1. The van der Waals surface area contributed by atoms with Gasteiger partial charge in [0.2, 0.25) is 11.2 Å². The Bertz CT molecular complexity index is 738. The van der Waals surface area contributed by atoms with E-state index in [9.17, 15) is 0 Å². The van der Waals surface area contributed by atoms with Gasteiger partial charge in [-0.25, -0.2) is 9.97 Å². The van der Waals surface area contributed by atoms with Crippen molar-refractivity contribution in [2.24, 2.45) is 0 Å². The molecule has 0 unspecified atom stereocenters. The Balaban J connectivity index is 1.91. The number of hydrogen-bond acceptors (Lipinski definition) is 7. The molecular weight excluding hydrogens is 286 g/mol. The predicted octanol–water partition coefficient (Wildman–Crippen LogP) is 2.96. The Labute approximate surface area is 117 Å². The van der Waals surface area contributed by atoms with Gasteiger partial charge in [0.25, 0.3) is 0 Å². The largest absolute Gasteiger partial charge is 0.360 e. The average molecular weight is 296 g/mol. The molecule has 0 fully saturated rings. The molecule has 0 amide bonds. The summed E-state index contributed by atoms with van der Waals surface area (Å²) in [4.78, 5) is 14.5. The van der Waals surface area contributed by atoms with Crippen molar-refractivity contribution in [3.8, 4) is 0 Å². The third kappa shape index (κ3) is 2.52. The summed E-state index contributed by atoms with van der Waals surface area (Å²) in [5, 5.41) is 8.04. The van der Waals surface area contributed by atoms with Gasteiger partial charge in [-0.05, 0) is 31.5 Å². The van der Waals surface area contributed by atoms with E-state index in [4.69, 9.17) is 16.1 Å². The van der Waals surface area contributed by atoms with Crippen molar-refractivity contribution < 1.29 is 4.52 Å². The number of fused-ring (bicyclic) bond motifs is 1. The highest BCUT2D eigenvalue weighted by molar-refractivity contribution is 7.18. The van der Waals surface area contributed by atoms with Crippen molar-refractivity contribution in [3.05, 3.63) is 27.9 Å². The molecule has 0 spiro atoms. The highest BCUT2D eigenvalue weighted by atomic mass is 35.5. The molecule has 8 heteroatoms. The summed E-state index contributed by atoms with van der Waals surface area (Å²) in [7, 11) is 0. The van der Waals surface area contributed by atoms with Gasteiger partial charge in [-0.15, -0.1) is 11.3 Å². The van der Waals surface area contributed by atoms with Crippen LogP contribution in [0.4, 0.5) is 5.82 Å². The van der Waals surface area contributed by atoms with Crippen LogP contribution in [0.5, 0.6) is 0 Å². The molecule has 0 aliphatic heterocycles. The first kappa shape index (κ1) is 12.3. The van der Waals surface area contributed by atoms with Crippen molar-refractivity contribution in [1.29, 1.82) is 0 Å². The van der Waals surface area contributed by atoms with Gasteiger partial charge < -0.3 is 9.84 Å². The third-order valence-corrected chi connectivity index (χ3v) is 3.58. The molecule has 3 rings (SSSR count). The molecule has 6 nitrogen and oxygen atoms in total. The van der Waals surface area contributed by atoms with E-state index in [1.807, 2.05) is 13.0 Å². The van der Waals surface area contributed by atoms with Crippen molar-refractivity contribution >= 4 is 39.0 Å². The molecular formula is C11H10ClN5OS. The van der Waals surface area contributed by atoms with E-state index in [2.05, 4.69) is 25.4 Å². The number of anilines is 1. The minimum Gasteiger partial charge on any atom is -0.360 e. The second-order valence-corrected chi connectivity index (χ2v) is 5.58. The molecule has 98 valence electrons. The predicted molar refractivity (Wildman–Crippen MR) is 73.5 cm³/mol. The molecule has 0 bridgehead atoms. The van der Waals surface area contributed by atoms with E-state index < -0.39 is 0 Å². The lowest BCUT2D eigenvalue weighted by atomic mass is 10.3. The molecule has 3 aromatic heterocycles. The van der Waals surface area contributed by atoms with Crippen LogP contribution in [0.2, 0.25) is 5.28 Å². The molecule has 1 N–H and O–H groups in total. The minimum atomic E-state index is 0.221. The lowest BCUT2D eigenvalue weighted by Gasteiger charge is -2.03. The monoisotopic (exact) mass is 295 g/mol. The zero-order valence-electron chi connectivity index (χ0n) is 10.3. The third-order valence-electron chi connectivity index (χ3n) is 2.47. The fourth-order valence-electron chi connectivity index (χ4n) is 1.72. The maximum atomic E-state index is 5.91. The van der Waals surface area contributed by atoms with Crippen LogP contribution in [0.1, 0.15) is 16.6 Å². The van der Waals surface area contributed by atoms with Crippen molar-refractivity contribution in [3.63, 3.8) is 0 Å². The van der Waals surface area contributed by atoms with Crippen molar-refractivity contribution in [1.82, 2.24) is 20.1 Å². The molecule has 0 saturated heterocycles. The molecule has 0 atom stereocenters. The van der Waals surface area contributed by atoms with E-state index in [1.165, 1.54) is 0 Å². The van der Waals surface area contributed by atoms with Gasteiger partial charge in [0, 0.05) is 4.88 Å². The Hall–Kier alpha value is -1.73. The first-order valence-electron chi connectivity index (χ1n) is 5.58. The van der Waals surface area contributed by atoms with Gasteiger partial charge in [0.1, 0.15) is 10.6 Å². The van der Waals surface area contributed by atoms with Gasteiger partial charge >= 0.3 is 0 Å². The Morgan fingerprint density at radius 3 is 2.89 bits per heavy atom. The van der Waals surface area contributed by atoms with Crippen LogP contribution >= 0.6 is 22.9 Å². The molecule has 3 heterocycles. The number of aromatic nitrogens is 4. The molecule has 0 radical (unpaired) electrons. The number of halogens is 1. The van der Waals surface area contributed by atoms with Crippen LogP contribution in [0.25, 0.3) is 10.2 Å². The first-order valence-corrected chi connectivity index (χ1v) is 6.78. The van der Waals surface area contributed by atoms with E-state index in [0.717, 1.165) is 15.1 Å². The fraction of sp³-hybridized carbons (Fsp3) is 0.273. The Kier molecular flexibility index (Phi) is 3.08. The maximum absolute atomic E-state index is 5.91. The Morgan fingerprint density at radius 2 is 2.16 bits per heavy atom.